The van der Waals surface area contributed by atoms with Gasteiger partial charge in [0.2, 0.25) is 0 Å². The predicted molar refractivity (Wildman–Crippen MR) is 94.6 cm³/mol. The van der Waals surface area contributed by atoms with Crippen LogP contribution in [-0.2, 0) is 13.0 Å². The molecule has 3 rings (SSSR count). The van der Waals surface area contributed by atoms with Crippen LogP contribution in [0.15, 0.2) is 24.3 Å². The first-order valence-corrected chi connectivity index (χ1v) is 8.71. The summed E-state index contributed by atoms with van der Waals surface area (Å²) in [7, 11) is 2.06. The first-order chi connectivity index (χ1) is 11.6. The van der Waals surface area contributed by atoms with Gasteiger partial charge in [-0.25, -0.2) is 0 Å². The summed E-state index contributed by atoms with van der Waals surface area (Å²) >= 11 is 1.50. The van der Waals surface area contributed by atoms with Gasteiger partial charge in [0, 0.05) is 23.5 Å². The van der Waals surface area contributed by atoms with Gasteiger partial charge >= 0.3 is 0 Å². The SMILES string of the molecule is CCOc1ccc(C(=O)Nc2sc3c(c2C#N)CCN(C)C3)cc1. The van der Waals surface area contributed by atoms with E-state index in [1.165, 1.54) is 16.2 Å². The molecule has 0 aliphatic carbocycles. The van der Waals surface area contributed by atoms with E-state index in [4.69, 9.17) is 4.74 Å². The Morgan fingerprint density at radius 1 is 1.42 bits per heavy atom. The molecule has 0 atom stereocenters. The van der Waals surface area contributed by atoms with Crippen molar-refractivity contribution in [1.82, 2.24) is 4.90 Å². The van der Waals surface area contributed by atoms with Crippen molar-refractivity contribution in [1.29, 1.82) is 5.26 Å². The zero-order valence-electron chi connectivity index (χ0n) is 13.8. The molecule has 1 amide bonds. The number of hydrogen-bond donors (Lipinski definition) is 1. The Morgan fingerprint density at radius 3 is 2.83 bits per heavy atom. The van der Waals surface area contributed by atoms with Crippen molar-refractivity contribution in [3.05, 3.63) is 45.8 Å². The first-order valence-electron chi connectivity index (χ1n) is 7.89. The highest BCUT2D eigenvalue weighted by Crippen LogP contribution is 2.36. The molecule has 0 spiro atoms. The number of carbonyl (C=O) groups excluding carboxylic acids is 1. The molecule has 1 N–H and O–H groups in total. The van der Waals surface area contributed by atoms with Crippen molar-refractivity contribution in [3.8, 4) is 11.8 Å². The summed E-state index contributed by atoms with van der Waals surface area (Å²) in [6, 6.07) is 9.27. The Balaban J connectivity index is 1.80. The van der Waals surface area contributed by atoms with Gasteiger partial charge in [0.15, 0.2) is 0 Å². The van der Waals surface area contributed by atoms with E-state index in [-0.39, 0.29) is 5.91 Å². The summed E-state index contributed by atoms with van der Waals surface area (Å²) in [5, 5.41) is 13.0. The average Bonchev–Trinajstić information content (AvgIpc) is 2.91. The number of benzene rings is 1. The highest BCUT2D eigenvalue weighted by atomic mass is 32.1. The van der Waals surface area contributed by atoms with E-state index in [9.17, 15) is 10.1 Å². The zero-order chi connectivity index (χ0) is 17.1. The molecule has 124 valence electrons. The standard InChI is InChI=1S/C18H19N3O2S/c1-3-23-13-6-4-12(5-7-13)17(22)20-18-15(10-19)14-8-9-21(2)11-16(14)24-18/h4-7H,3,8-9,11H2,1-2H3,(H,20,22). The van der Waals surface area contributed by atoms with Gasteiger partial charge in [-0.2, -0.15) is 5.26 Å². The highest BCUT2D eigenvalue weighted by Gasteiger charge is 2.24. The van der Waals surface area contributed by atoms with Crippen LogP contribution in [0.4, 0.5) is 5.00 Å². The Labute approximate surface area is 145 Å². The van der Waals surface area contributed by atoms with Crippen LogP contribution in [0.5, 0.6) is 5.75 Å². The quantitative estimate of drug-likeness (QED) is 0.927. The normalized spacial score (nSPS) is 13.9. The van der Waals surface area contributed by atoms with Crippen molar-refractivity contribution in [3.63, 3.8) is 0 Å². The number of thiophene rings is 1. The van der Waals surface area contributed by atoms with Crippen LogP contribution in [0.3, 0.4) is 0 Å². The second-order valence-electron chi connectivity index (χ2n) is 5.72. The lowest BCUT2D eigenvalue weighted by Gasteiger charge is -2.21. The lowest BCUT2D eigenvalue weighted by Crippen LogP contribution is -2.25. The van der Waals surface area contributed by atoms with E-state index in [0.717, 1.165) is 30.8 Å². The summed E-state index contributed by atoms with van der Waals surface area (Å²) in [6.07, 6.45) is 0.851. The molecule has 1 aliphatic heterocycles. The summed E-state index contributed by atoms with van der Waals surface area (Å²) < 4.78 is 5.38. The minimum absolute atomic E-state index is 0.207. The lowest BCUT2D eigenvalue weighted by atomic mass is 10.0. The number of nitrogens with one attached hydrogen (secondary N) is 1. The first kappa shape index (κ1) is 16.5. The number of likely N-dealkylation sites (N-methyl/N-ethyl adjacent to an activating group) is 1. The van der Waals surface area contributed by atoms with E-state index in [1.54, 1.807) is 24.3 Å². The number of rotatable bonds is 4. The lowest BCUT2D eigenvalue weighted by molar-refractivity contribution is 0.102. The van der Waals surface area contributed by atoms with Crippen LogP contribution in [0.1, 0.15) is 33.3 Å². The number of ether oxygens (including phenoxy) is 1. The van der Waals surface area contributed by atoms with E-state index in [0.29, 0.717) is 22.7 Å². The van der Waals surface area contributed by atoms with Crippen molar-refractivity contribution in [2.45, 2.75) is 19.9 Å². The van der Waals surface area contributed by atoms with Crippen molar-refractivity contribution in [2.75, 3.05) is 25.5 Å². The van der Waals surface area contributed by atoms with Crippen molar-refractivity contribution >= 4 is 22.2 Å². The Morgan fingerprint density at radius 2 is 2.17 bits per heavy atom. The molecule has 1 aliphatic rings. The monoisotopic (exact) mass is 341 g/mol. The third kappa shape index (κ3) is 3.28. The van der Waals surface area contributed by atoms with E-state index in [2.05, 4.69) is 23.3 Å². The molecule has 24 heavy (non-hydrogen) atoms. The molecule has 1 aromatic carbocycles. The summed E-state index contributed by atoms with van der Waals surface area (Å²) in [6.45, 7) is 4.27. The third-order valence-electron chi connectivity index (χ3n) is 4.01. The van der Waals surface area contributed by atoms with Crippen molar-refractivity contribution in [2.24, 2.45) is 0 Å². The molecule has 0 unspecified atom stereocenters. The van der Waals surface area contributed by atoms with E-state index in [1.807, 2.05) is 6.92 Å². The van der Waals surface area contributed by atoms with Gasteiger partial charge in [0.25, 0.3) is 5.91 Å². The number of nitriles is 1. The molecule has 2 heterocycles. The van der Waals surface area contributed by atoms with Crippen LogP contribution in [-0.4, -0.2) is 31.0 Å². The van der Waals surface area contributed by atoms with Gasteiger partial charge < -0.3 is 15.0 Å². The second-order valence-corrected chi connectivity index (χ2v) is 6.82. The molecular formula is C18H19N3O2S. The maximum absolute atomic E-state index is 12.5. The molecule has 0 saturated heterocycles. The number of fused-ring (bicyclic) bond motifs is 1. The molecular weight excluding hydrogens is 322 g/mol. The Hall–Kier alpha value is -2.36. The van der Waals surface area contributed by atoms with Gasteiger partial charge in [0.05, 0.1) is 12.2 Å². The largest absolute Gasteiger partial charge is 0.494 e. The van der Waals surface area contributed by atoms with Gasteiger partial charge in [-0.3, -0.25) is 4.79 Å². The van der Waals surface area contributed by atoms with Gasteiger partial charge in [-0.1, -0.05) is 0 Å². The fraction of sp³-hybridized carbons (Fsp3) is 0.333. The number of carbonyl (C=O) groups is 1. The Kier molecular flexibility index (Phi) is 4.84. The van der Waals surface area contributed by atoms with E-state index >= 15 is 0 Å². The zero-order valence-corrected chi connectivity index (χ0v) is 14.6. The molecule has 0 saturated carbocycles. The van der Waals surface area contributed by atoms with E-state index < -0.39 is 0 Å². The molecule has 1 aromatic heterocycles. The minimum Gasteiger partial charge on any atom is -0.494 e. The Bertz CT molecular complexity index is 790. The van der Waals surface area contributed by atoms with Crippen LogP contribution in [0.2, 0.25) is 0 Å². The molecule has 0 radical (unpaired) electrons. The van der Waals surface area contributed by atoms with Gasteiger partial charge in [-0.15, -0.1) is 11.3 Å². The topological polar surface area (TPSA) is 65.4 Å². The smallest absolute Gasteiger partial charge is 0.256 e. The van der Waals surface area contributed by atoms with Crippen LogP contribution in [0, 0.1) is 11.3 Å². The third-order valence-corrected chi connectivity index (χ3v) is 5.15. The fourth-order valence-corrected chi connectivity index (χ4v) is 4.06. The summed E-state index contributed by atoms with van der Waals surface area (Å²) in [5.41, 5.74) is 2.25. The number of anilines is 1. The maximum Gasteiger partial charge on any atom is 0.256 e. The van der Waals surface area contributed by atoms with Crippen LogP contribution >= 0.6 is 11.3 Å². The average molecular weight is 341 g/mol. The van der Waals surface area contributed by atoms with Gasteiger partial charge in [0.1, 0.15) is 16.8 Å². The predicted octanol–water partition coefficient (Wildman–Crippen LogP) is 3.26. The fourth-order valence-electron chi connectivity index (χ4n) is 2.78. The number of amides is 1. The molecule has 5 nitrogen and oxygen atoms in total. The summed E-state index contributed by atoms with van der Waals surface area (Å²) in [4.78, 5) is 15.9. The second kappa shape index (κ2) is 7.04. The molecule has 6 heteroatoms. The van der Waals surface area contributed by atoms with Crippen LogP contribution < -0.4 is 10.1 Å². The van der Waals surface area contributed by atoms with Gasteiger partial charge in [-0.05, 0) is 50.2 Å². The number of hydrogen-bond acceptors (Lipinski definition) is 5. The molecule has 0 bridgehead atoms. The summed E-state index contributed by atoms with van der Waals surface area (Å²) in [5.74, 6) is 0.530. The molecule has 2 aromatic rings. The highest BCUT2D eigenvalue weighted by molar-refractivity contribution is 7.16. The number of nitrogens with zero attached hydrogens (tertiary/aromatic N) is 2. The minimum atomic E-state index is -0.207. The molecule has 0 fully saturated rings. The van der Waals surface area contributed by atoms with Crippen molar-refractivity contribution < 1.29 is 9.53 Å². The van der Waals surface area contributed by atoms with Crippen LogP contribution in [0.25, 0.3) is 0 Å². The maximum atomic E-state index is 12.5.